The van der Waals surface area contributed by atoms with Gasteiger partial charge in [0.2, 0.25) is 11.7 Å². The van der Waals surface area contributed by atoms with Crippen LogP contribution in [0.15, 0.2) is 28.0 Å². The van der Waals surface area contributed by atoms with E-state index in [1.807, 2.05) is 43.4 Å². The van der Waals surface area contributed by atoms with Crippen LogP contribution in [0.3, 0.4) is 0 Å². The van der Waals surface area contributed by atoms with Crippen molar-refractivity contribution in [3.63, 3.8) is 0 Å². The van der Waals surface area contributed by atoms with Gasteiger partial charge in [-0.05, 0) is 45.1 Å². The summed E-state index contributed by atoms with van der Waals surface area (Å²) in [5.41, 5.74) is 4.44. The Labute approximate surface area is 191 Å². The van der Waals surface area contributed by atoms with E-state index in [1.54, 1.807) is 6.92 Å². The van der Waals surface area contributed by atoms with Crippen LogP contribution >= 0.6 is 11.3 Å². The second-order valence-corrected chi connectivity index (χ2v) is 8.92. The maximum Gasteiger partial charge on any atom is 0.295 e. The molecule has 0 saturated carbocycles. The highest BCUT2D eigenvalue weighted by Gasteiger charge is 2.25. The van der Waals surface area contributed by atoms with Crippen molar-refractivity contribution >= 4 is 34.0 Å². The third-order valence-corrected chi connectivity index (χ3v) is 6.18. The number of nitrogens with zero attached hydrogens (tertiary/aromatic N) is 4. The molecule has 0 fully saturated rings. The van der Waals surface area contributed by atoms with E-state index in [4.69, 9.17) is 4.42 Å². The quantitative estimate of drug-likeness (QED) is 0.586. The Kier molecular flexibility index (Phi) is 6.38. The van der Waals surface area contributed by atoms with Crippen LogP contribution < -0.4 is 10.2 Å². The average Bonchev–Trinajstić information content (AvgIpc) is 3.39. The van der Waals surface area contributed by atoms with Crippen molar-refractivity contribution < 1.29 is 14.0 Å². The van der Waals surface area contributed by atoms with Gasteiger partial charge in [0.05, 0.1) is 11.4 Å². The zero-order valence-corrected chi connectivity index (χ0v) is 19.6. The number of amides is 2. The van der Waals surface area contributed by atoms with E-state index in [2.05, 4.69) is 26.3 Å². The van der Waals surface area contributed by atoms with Crippen molar-refractivity contribution in [3.8, 4) is 11.3 Å². The molecular weight excluding hydrogens is 426 g/mol. The fourth-order valence-electron chi connectivity index (χ4n) is 3.70. The number of nitrogens with one attached hydrogen (secondary N) is 1. The molecule has 8 nitrogen and oxygen atoms in total. The first-order valence-corrected chi connectivity index (χ1v) is 11.5. The molecule has 9 heteroatoms. The van der Waals surface area contributed by atoms with Gasteiger partial charge in [-0.1, -0.05) is 13.0 Å². The van der Waals surface area contributed by atoms with Gasteiger partial charge in [-0.3, -0.25) is 14.9 Å². The first-order valence-electron chi connectivity index (χ1n) is 10.7. The first-order chi connectivity index (χ1) is 15.4. The van der Waals surface area contributed by atoms with Crippen molar-refractivity contribution in [2.45, 2.75) is 33.1 Å². The fraction of sp³-hybridized carbons (Fsp3) is 0.391. The summed E-state index contributed by atoms with van der Waals surface area (Å²) in [5, 5.41) is 5.22. The Morgan fingerprint density at radius 3 is 2.81 bits per heavy atom. The number of carbonyl (C=O) groups is 2. The Morgan fingerprint density at radius 2 is 2.09 bits per heavy atom. The molecule has 0 aliphatic carbocycles. The second kappa shape index (κ2) is 9.22. The van der Waals surface area contributed by atoms with Crippen molar-refractivity contribution in [3.05, 3.63) is 46.5 Å². The molecule has 1 aromatic carbocycles. The molecule has 0 spiro atoms. The Morgan fingerprint density at radius 1 is 1.28 bits per heavy atom. The van der Waals surface area contributed by atoms with Gasteiger partial charge in [-0.15, -0.1) is 11.3 Å². The minimum atomic E-state index is -0.351. The lowest BCUT2D eigenvalue weighted by Gasteiger charge is -2.30. The predicted molar refractivity (Wildman–Crippen MR) is 125 cm³/mol. The molecular formula is C23H27N5O3S. The summed E-state index contributed by atoms with van der Waals surface area (Å²) >= 11 is 1.36. The van der Waals surface area contributed by atoms with E-state index in [1.165, 1.54) is 11.3 Å². The van der Waals surface area contributed by atoms with Crippen LogP contribution in [0.1, 0.15) is 41.0 Å². The van der Waals surface area contributed by atoms with Crippen molar-refractivity contribution in [2.75, 3.05) is 37.4 Å². The van der Waals surface area contributed by atoms with Gasteiger partial charge in [0, 0.05) is 42.6 Å². The molecule has 4 rings (SSSR count). The maximum atomic E-state index is 12.6. The van der Waals surface area contributed by atoms with Crippen LogP contribution in [0.25, 0.3) is 11.3 Å². The number of fused-ring (bicyclic) bond motifs is 1. The standard InChI is InChI=1S/C23H27N5O3S/c1-5-19-24-14(2)21(31-19)22(30)26-23-25-17(13-32-23)15-6-8-18-16(12-15)7-9-20(29)28(18)11-10-27(3)4/h6,8,12-13H,5,7,9-11H2,1-4H3,(H,25,26,30). The number of aryl methyl sites for hydroxylation is 3. The lowest BCUT2D eigenvalue weighted by molar-refractivity contribution is -0.118. The zero-order valence-electron chi connectivity index (χ0n) is 18.8. The van der Waals surface area contributed by atoms with Gasteiger partial charge in [0.1, 0.15) is 0 Å². The number of carbonyl (C=O) groups excluding carboxylic acids is 2. The van der Waals surface area contributed by atoms with Crippen LogP contribution in [0.5, 0.6) is 0 Å². The van der Waals surface area contributed by atoms with Crippen LogP contribution in [0.4, 0.5) is 10.8 Å². The smallest absolute Gasteiger partial charge is 0.295 e. The summed E-state index contributed by atoms with van der Waals surface area (Å²) in [6.45, 7) is 5.17. The minimum absolute atomic E-state index is 0.166. The lowest BCUT2D eigenvalue weighted by atomic mass is 9.98. The van der Waals surface area contributed by atoms with E-state index in [0.717, 1.165) is 35.5 Å². The second-order valence-electron chi connectivity index (χ2n) is 8.06. The minimum Gasteiger partial charge on any atom is -0.435 e. The largest absolute Gasteiger partial charge is 0.435 e. The van der Waals surface area contributed by atoms with E-state index in [0.29, 0.717) is 36.1 Å². The van der Waals surface area contributed by atoms with Crippen LogP contribution in [0.2, 0.25) is 0 Å². The molecule has 0 atom stereocenters. The number of oxazole rings is 1. The highest BCUT2D eigenvalue weighted by Crippen LogP contribution is 2.33. The van der Waals surface area contributed by atoms with Crippen LogP contribution in [-0.2, 0) is 17.6 Å². The summed E-state index contributed by atoms with van der Waals surface area (Å²) < 4.78 is 5.52. The van der Waals surface area contributed by atoms with Gasteiger partial charge in [-0.2, -0.15) is 0 Å². The van der Waals surface area contributed by atoms with E-state index in [9.17, 15) is 9.59 Å². The van der Waals surface area contributed by atoms with Crippen LogP contribution in [0, 0.1) is 6.92 Å². The number of hydrogen-bond donors (Lipinski definition) is 1. The molecule has 3 aromatic rings. The molecule has 0 saturated heterocycles. The van der Waals surface area contributed by atoms with Gasteiger partial charge in [-0.25, -0.2) is 9.97 Å². The molecule has 2 amide bonds. The number of benzene rings is 1. The molecule has 1 aliphatic heterocycles. The zero-order chi connectivity index (χ0) is 22.8. The normalized spacial score (nSPS) is 13.5. The summed E-state index contributed by atoms with van der Waals surface area (Å²) in [7, 11) is 4.01. The van der Waals surface area contributed by atoms with Gasteiger partial charge in [0.25, 0.3) is 5.91 Å². The predicted octanol–water partition coefficient (Wildman–Crippen LogP) is 3.76. The third-order valence-electron chi connectivity index (χ3n) is 5.42. The molecule has 2 aromatic heterocycles. The number of aromatic nitrogens is 2. The fourth-order valence-corrected chi connectivity index (χ4v) is 4.41. The number of likely N-dealkylation sites (N-methyl/N-ethyl adjacent to an activating group) is 1. The molecule has 0 radical (unpaired) electrons. The first kappa shape index (κ1) is 22.2. The van der Waals surface area contributed by atoms with Crippen molar-refractivity contribution in [2.24, 2.45) is 0 Å². The van der Waals surface area contributed by atoms with E-state index < -0.39 is 0 Å². The number of rotatable bonds is 7. The van der Waals surface area contributed by atoms with Crippen molar-refractivity contribution in [1.29, 1.82) is 0 Å². The van der Waals surface area contributed by atoms with E-state index >= 15 is 0 Å². The lowest BCUT2D eigenvalue weighted by Crippen LogP contribution is -2.39. The SMILES string of the molecule is CCc1nc(C)c(C(=O)Nc2nc(-c3ccc4c(c3)CCC(=O)N4CCN(C)C)cs2)o1. The summed E-state index contributed by atoms with van der Waals surface area (Å²) in [5.74, 6) is 0.574. The highest BCUT2D eigenvalue weighted by atomic mass is 32.1. The molecule has 168 valence electrons. The summed E-state index contributed by atoms with van der Waals surface area (Å²) in [6, 6.07) is 6.08. The molecule has 3 heterocycles. The number of anilines is 2. The Balaban J connectivity index is 1.51. The Bertz CT molecular complexity index is 1150. The van der Waals surface area contributed by atoms with Crippen molar-refractivity contribution in [1.82, 2.24) is 14.9 Å². The van der Waals surface area contributed by atoms with Gasteiger partial charge in [0.15, 0.2) is 11.0 Å². The molecule has 0 bridgehead atoms. The molecule has 1 aliphatic rings. The Hall–Kier alpha value is -3.04. The summed E-state index contributed by atoms with van der Waals surface area (Å²) in [6.07, 6.45) is 1.86. The molecule has 32 heavy (non-hydrogen) atoms. The number of thiazole rings is 1. The number of hydrogen-bond acceptors (Lipinski definition) is 7. The average molecular weight is 454 g/mol. The monoisotopic (exact) mass is 453 g/mol. The molecule has 0 unspecified atom stereocenters. The van der Waals surface area contributed by atoms with Gasteiger partial charge >= 0.3 is 0 Å². The maximum absolute atomic E-state index is 12.6. The van der Waals surface area contributed by atoms with Gasteiger partial charge < -0.3 is 14.2 Å². The topological polar surface area (TPSA) is 91.6 Å². The third kappa shape index (κ3) is 4.58. The molecule has 1 N–H and O–H groups in total. The highest BCUT2D eigenvalue weighted by molar-refractivity contribution is 7.14. The van der Waals surface area contributed by atoms with E-state index in [-0.39, 0.29) is 17.6 Å². The summed E-state index contributed by atoms with van der Waals surface area (Å²) in [4.78, 5) is 37.8. The van der Waals surface area contributed by atoms with Crippen LogP contribution in [-0.4, -0.2) is 53.9 Å².